The number of halogens is 3. The summed E-state index contributed by atoms with van der Waals surface area (Å²) in [5, 5.41) is 5.23. The molecule has 0 radical (unpaired) electrons. The number of hydrogen-bond donors (Lipinski definition) is 2. The summed E-state index contributed by atoms with van der Waals surface area (Å²) < 4.78 is 43.9. The number of alkyl halides is 3. The zero-order chi connectivity index (χ0) is 22.3. The molecule has 9 heteroatoms. The first-order valence-electron chi connectivity index (χ1n) is 9.22. The standard InChI is InChI=1S/C21H24F3N3O3/c1-27(2)18-11-8-15(21(22,23)24)13-17(18)26-19(28)5-4-12-25-20(29)14-6-9-16(30-3)10-7-14/h6-11,13H,4-5,12H2,1-3H3,(H,25,29)(H,26,28). The minimum absolute atomic E-state index is 0.0476. The van der Waals surface area contributed by atoms with Crippen molar-refractivity contribution in [2.24, 2.45) is 0 Å². The van der Waals surface area contributed by atoms with E-state index in [4.69, 9.17) is 4.74 Å². The topological polar surface area (TPSA) is 70.7 Å². The van der Waals surface area contributed by atoms with Gasteiger partial charge in [-0.1, -0.05) is 0 Å². The predicted octanol–water partition coefficient (Wildman–Crippen LogP) is 3.93. The molecule has 0 fully saturated rings. The normalized spacial score (nSPS) is 11.0. The Balaban J connectivity index is 1.89. The Labute approximate surface area is 173 Å². The maximum atomic E-state index is 13.0. The van der Waals surface area contributed by atoms with Crippen LogP contribution in [0.25, 0.3) is 0 Å². The van der Waals surface area contributed by atoms with Gasteiger partial charge in [0.1, 0.15) is 5.75 Å². The average molecular weight is 423 g/mol. The number of nitrogens with one attached hydrogen (secondary N) is 2. The van der Waals surface area contributed by atoms with E-state index < -0.39 is 17.6 Å². The minimum atomic E-state index is -4.50. The predicted molar refractivity (Wildman–Crippen MR) is 109 cm³/mol. The molecule has 0 aromatic heterocycles. The highest BCUT2D eigenvalue weighted by Crippen LogP contribution is 2.35. The summed E-state index contributed by atoms with van der Waals surface area (Å²) in [5.41, 5.74) is 0.168. The van der Waals surface area contributed by atoms with Crippen LogP contribution in [0.2, 0.25) is 0 Å². The van der Waals surface area contributed by atoms with Crippen molar-refractivity contribution in [3.8, 4) is 5.75 Å². The second-order valence-electron chi connectivity index (χ2n) is 6.76. The van der Waals surface area contributed by atoms with Gasteiger partial charge in [-0.2, -0.15) is 13.2 Å². The van der Waals surface area contributed by atoms with E-state index in [2.05, 4.69) is 10.6 Å². The lowest BCUT2D eigenvalue weighted by molar-refractivity contribution is -0.137. The van der Waals surface area contributed by atoms with E-state index in [9.17, 15) is 22.8 Å². The fourth-order valence-electron chi connectivity index (χ4n) is 2.71. The second-order valence-corrected chi connectivity index (χ2v) is 6.76. The molecule has 0 bridgehead atoms. The summed E-state index contributed by atoms with van der Waals surface area (Å²) in [6.45, 7) is 0.251. The monoisotopic (exact) mass is 423 g/mol. The lowest BCUT2D eigenvalue weighted by Crippen LogP contribution is -2.25. The third-order valence-electron chi connectivity index (χ3n) is 4.30. The number of rotatable bonds is 8. The van der Waals surface area contributed by atoms with Gasteiger partial charge in [0.15, 0.2) is 0 Å². The first-order valence-corrected chi connectivity index (χ1v) is 9.22. The van der Waals surface area contributed by atoms with Gasteiger partial charge >= 0.3 is 6.18 Å². The zero-order valence-electron chi connectivity index (χ0n) is 17.0. The molecular weight excluding hydrogens is 399 g/mol. The van der Waals surface area contributed by atoms with Gasteiger partial charge in [0.25, 0.3) is 5.91 Å². The van der Waals surface area contributed by atoms with Gasteiger partial charge in [0.05, 0.1) is 24.0 Å². The van der Waals surface area contributed by atoms with Crippen molar-refractivity contribution in [3.63, 3.8) is 0 Å². The maximum absolute atomic E-state index is 13.0. The Morgan fingerprint density at radius 2 is 1.73 bits per heavy atom. The molecule has 0 aliphatic carbocycles. The number of hydrogen-bond acceptors (Lipinski definition) is 4. The van der Waals surface area contributed by atoms with E-state index in [0.29, 0.717) is 23.4 Å². The van der Waals surface area contributed by atoms with Gasteiger partial charge in [-0.3, -0.25) is 9.59 Å². The van der Waals surface area contributed by atoms with Crippen molar-refractivity contribution in [2.45, 2.75) is 19.0 Å². The molecular formula is C21H24F3N3O3. The number of amides is 2. The molecule has 2 aromatic rings. The lowest BCUT2D eigenvalue weighted by atomic mass is 10.1. The molecule has 0 aliphatic heterocycles. The van der Waals surface area contributed by atoms with Crippen LogP contribution in [-0.4, -0.2) is 39.6 Å². The van der Waals surface area contributed by atoms with Crippen LogP contribution in [0.4, 0.5) is 24.5 Å². The van der Waals surface area contributed by atoms with Crippen LogP contribution in [0.1, 0.15) is 28.8 Å². The fraction of sp³-hybridized carbons (Fsp3) is 0.333. The third kappa shape index (κ3) is 6.40. The van der Waals surface area contributed by atoms with E-state index in [1.165, 1.54) is 13.2 Å². The van der Waals surface area contributed by atoms with Crippen molar-refractivity contribution in [3.05, 3.63) is 53.6 Å². The molecule has 0 unspecified atom stereocenters. The maximum Gasteiger partial charge on any atom is 0.416 e. The van der Waals surface area contributed by atoms with Crippen molar-refractivity contribution < 1.29 is 27.5 Å². The molecule has 0 saturated carbocycles. The average Bonchev–Trinajstić information content (AvgIpc) is 2.70. The first-order chi connectivity index (χ1) is 14.1. The highest BCUT2D eigenvalue weighted by atomic mass is 19.4. The van der Waals surface area contributed by atoms with E-state index in [1.807, 2.05) is 0 Å². The van der Waals surface area contributed by atoms with E-state index in [1.54, 1.807) is 43.3 Å². The SMILES string of the molecule is COc1ccc(C(=O)NCCCC(=O)Nc2cc(C(F)(F)F)ccc2N(C)C)cc1. The molecule has 0 spiro atoms. The minimum Gasteiger partial charge on any atom is -0.497 e. The molecule has 2 rings (SSSR count). The Morgan fingerprint density at radius 1 is 1.07 bits per heavy atom. The zero-order valence-corrected chi connectivity index (χ0v) is 17.0. The van der Waals surface area contributed by atoms with Crippen molar-refractivity contribution >= 4 is 23.2 Å². The molecule has 0 atom stereocenters. The number of methoxy groups -OCH3 is 1. The second kappa shape index (κ2) is 10.00. The van der Waals surface area contributed by atoms with Gasteiger partial charge in [0.2, 0.25) is 5.91 Å². The molecule has 30 heavy (non-hydrogen) atoms. The van der Waals surface area contributed by atoms with Gasteiger partial charge in [-0.15, -0.1) is 0 Å². The number of ether oxygens (including phenoxy) is 1. The van der Waals surface area contributed by atoms with Crippen LogP contribution < -0.4 is 20.3 Å². The summed E-state index contributed by atoms with van der Waals surface area (Å²) in [6, 6.07) is 9.78. The van der Waals surface area contributed by atoms with Gasteiger partial charge in [-0.25, -0.2) is 0 Å². The van der Waals surface area contributed by atoms with Crippen LogP contribution in [-0.2, 0) is 11.0 Å². The van der Waals surface area contributed by atoms with Gasteiger partial charge in [-0.05, 0) is 48.9 Å². The third-order valence-corrected chi connectivity index (χ3v) is 4.30. The largest absolute Gasteiger partial charge is 0.497 e. The number of benzene rings is 2. The molecule has 2 amide bonds. The van der Waals surface area contributed by atoms with Crippen LogP contribution in [0.15, 0.2) is 42.5 Å². The number of carbonyl (C=O) groups is 2. The fourth-order valence-corrected chi connectivity index (χ4v) is 2.71. The van der Waals surface area contributed by atoms with Crippen molar-refractivity contribution in [1.29, 1.82) is 0 Å². The van der Waals surface area contributed by atoms with E-state index in [0.717, 1.165) is 12.1 Å². The quantitative estimate of drug-likeness (QED) is 0.632. The smallest absolute Gasteiger partial charge is 0.416 e. The van der Waals surface area contributed by atoms with E-state index in [-0.39, 0.29) is 24.6 Å². The number of nitrogens with zero attached hydrogens (tertiary/aromatic N) is 1. The van der Waals surface area contributed by atoms with Crippen LogP contribution >= 0.6 is 0 Å². The Kier molecular flexibility index (Phi) is 7.68. The summed E-state index contributed by atoms with van der Waals surface area (Å²) in [6.07, 6.45) is -4.12. The molecule has 2 aromatic carbocycles. The van der Waals surface area contributed by atoms with E-state index >= 15 is 0 Å². The summed E-state index contributed by atoms with van der Waals surface area (Å²) in [5.74, 6) is -0.0862. The summed E-state index contributed by atoms with van der Waals surface area (Å²) in [7, 11) is 4.88. The van der Waals surface area contributed by atoms with Crippen LogP contribution in [0, 0.1) is 0 Å². The Bertz CT molecular complexity index is 881. The van der Waals surface area contributed by atoms with Crippen molar-refractivity contribution in [1.82, 2.24) is 5.32 Å². The highest BCUT2D eigenvalue weighted by Gasteiger charge is 2.31. The molecule has 2 N–H and O–H groups in total. The Morgan fingerprint density at radius 3 is 2.30 bits per heavy atom. The first kappa shape index (κ1) is 23.1. The lowest BCUT2D eigenvalue weighted by Gasteiger charge is -2.20. The van der Waals surface area contributed by atoms with Gasteiger partial charge < -0.3 is 20.3 Å². The molecule has 0 aliphatic rings. The highest BCUT2D eigenvalue weighted by molar-refractivity contribution is 5.95. The molecule has 0 heterocycles. The molecule has 6 nitrogen and oxygen atoms in total. The van der Waals surface area contributed by atoms with Gasteiger partial charge in [0, 0.05) is 32.6 Å². The molecule has 0 saturated heterocycles. The van der Waals surface area contributed by atoms with Crippen LogP contribution in [0.5, 0.6) is 5.75 Å². The summed E-state index contributed by atoms with van der Waals surface area (Å²) in [4.78, 5) is 25.9. The molecule has 162 valence electrons. The van der Waals surface area contributed by atoms with Crippen molar-refractivity contribution in [2.75, 3.05) is 38.0 Å². The van der Waals surface area contributed by atoms with Crippen LogP contribution in [0.3, 0.4) is 0 Å². The summed E-state index contributed by atoms with van der Waals surface area (Å²) >= 11 is 0. The number of anilines is 2. The Hall–Kier alpha value is -3.23. The number of carbonyl (C=O) groups excluding carboxylic acids is 2.